The molecule has 0 saturated heterocycles. The summed E-state index contributed by atoms with van der Waals surface area (Å²) in [7, 11) is 0. The summed E-state index contributed by atoms with van der Waals surface area (Å²) in [5, 5.41) is 13.3. The average Bonchev–Trinajstić information content (AvgIpc) is 2.86. The van der Waals surface area contributed by atoms with Crippen LogP contribution in [0.1, 0.15) is 66.5 Å². The fraction of sp³-hybridized carbons (Fsp3) is 0.267. The largest absolute Gasteiger partial charge is 0.455 e. The van der Waals surface area contributed by atoms with Gasteiger partial charge in [-0.05, 0) is 83.5 Å². The topological polar surface area (TPSA) is 105 Å². The number of aryl methyl sites for hydroxylation is 1. The number of rotatable bonds is 5. The van der Waals surface area contributed by atoms with E-state index in [1.807, 2.05) is 26.0 Å². The molecule has 0 spiro atoms. The normalized spacial score (nSPS) is 12.2. The standard InChI is InChI=1S/C30H27ClFN3O4/c1-15-11-20(17(3)34-23-9-10-24(31)35-25(23)29(37)39-30(4,5)6)28-22(12-15)26(36)16(2)27(38-28)21-13-19(32)8-7-18(21)14-33/h7-13,17,34H,1-6H3/t17-/m1/s1. The van der Waals surface area contributed by atoms with Crippen LogP contribution < -0.4 is 10.7 Å². The third kappa shape index (κ3) is 5.79. The van der Waals surface area contributed by atoms with Crippen LogP contribution in [0.25, 0.3) is 22.3 Å². The van der Waals surface area contributed by atoms with Gasteiger partial charge >= 0.3 is 5.97 Å². The van der Waals surface area contributed by atoms with Gasteiger partial charge in [0.1, 0.15) is 27.9 Å². The van der Waals surface area contributed by atoms with Gasteiger partial charge in [0, 0.05) is 16.7 Å². The van der Waals surface area contributed by atoms with Crippen LogP contribution in [0.3, 0.4) is 0 Å². The molecule has 1 atom stereocenters. The molecule has 7 nitrogen and oxygen atoms in total. The molecule has 0 fully saturated rings. The highest BCUT2D eigenvalue weighted by Gasteiger charge is 2.25. The zero-order valence-electron chi connectivity index (χ0n) is 22.4. The number of aromatic nitrogens is 1. The molecule has 2 heterocycles. The number of pyridine rings is 1. The minimum absolute atomic E-state index is 0.0117. The van der Waals surface area contributed by atoms with Gasteiger partial charge in [-0.15, -0.1) is 0 Å². The highest BCUT2D eigenvalue weighted by molar-refractivity contribution is 6.29. The molecular weight excluding hydrogens is 521 g/mol. The lowest BCUT2D eigenvalue weighted by molar-refractivity contribution is 0.00640. The molecule has 4 rings (SSSR count). The van der Waals surface area contributed by atoms with Gasteiger partial charge in [0.15, 0.2) is 11.1 Å². The maximum atomic E-state index is 14.2. The zero-order chi connectivity index (χ0) is 28.6. The van der Waals surface area contributed by atoms with Crippen LogP contribution in [0.2, 0.25) is 5.15 Å². The van der Waals surface area contributed by atoms with Crippen LogP contribution >= 0.6 is 11.6 Å². The smallest absolute Gasteiger partial charge is 0.359 e. The van der Waals surface area contributed by atoms with Crippen molar-refractivity contribution < 1.29 is 18.3 Å². The van der Waals surface area contributed by atoms with Gasteiger partial charge in [0.25, 0.3) is 0 Å². The van der Waals surface area contributed by atoms with Crippen molar-refractivity contribution in [3.8, 4) is 17.4 Å². The van der Waals surface area contributed by atoms with E-state index in [0.717, 1.165) is 5.56 Å². The van der Waals surface area contributed by atoms with Crippen LogP contribution in [-0.4, -0.2) is 16.6 Å². The molecule has 4 aromatic rings. The highest BCUT2D eigenvalue weighted by Crippen LogP contribution is 2.34. The molecular formula is C30H27ClFN3O4. The van der Waals surface area contributed by atoms with Crippen LogP contribution in [0.4, 0.5) is 10.1 Å². The molecule has 39 heavy (non-hydrogen) atoms. The van der Waals surface area contributed by atoms with Crippen molar-refractivity contribution in [1.29, 1.82) is 5.26 Å². The van der Waals surface area contributed by atoms with E-state index in [1.54, 1.807) is 45.9 Å². The molecule has 0 bridgehead atoms. The van der Waals surface area contributed by atoms with E-state index in [2.05, 4.69) is 10.3 Å². The number of hydrogen-bond acceptors (Lipinski definition) is 7. The van der Waals surface area contributed by atoms with Crippen molar-refractivity contribution in [3.05, 3.63) is 91.6 Å². The van der Waals surface area contributed by atoms with Crippen LogP contribution in [-0.2, 0) is 4.74 Å². The molecule has 200 valence electrons. The van der Waals surface area contributed by atoms with E-state index in [1.165, 1.54) is 18.2 Å². The Morgan fingerprint density at radius 2 is 1.90 bits per heavy atom. The minimum Gasteiger partial charge on any atom is -0.455 e. The lowest BCUT2D eigenvalue weighted by Gasteiger charge is -2.22. The van der Waals surface area contributed by atoms with Crippen molar-refractivity contribution in [3.63, 3.8) is 0 Å². The number of fused-ring (bicyclic) bond motifs is 1. The van der Waals surface area contributed by atoms with Gasteiger partial charge < -0.3 is 14.5 Å². The summed E-state index contributed by atoms with van der Waals surface area (Å²) >= 11 is 6.08. The van der Waals surface area contributed by atoms with Gasteiger partial charge in [0.05, 0.1) is 28.7 Å². The summed E-state index contributed by atoms with van der Waals surface area (Å²) in [6.07, 6.45) is 0. The Morgan fingerprint density at radius 1 is 1.18 bits per heavy atom. The van der Waals surface area contributed by atoms with Gasteiger partial charge in [-0.3, -0.25) is 4.79 Å². The number of carbonyl (C=O) groups is 1. The third-order valence-corrected chi connectivity index (χ3v) is 6.24. The molecule has 1 N–H and O–H groups in total. The number of nitriles is 1. The van der Waals surface area contributed by atoms with Crippen LogP contribution in [0, 0.1) is 31.0 Å². The SMILES string of the molecule is Cc1cc([C@@H](C)Nc2ccc(Cl)nc2C(=O)OC(C)(C)C)c2oc(-c3cc(F)ccc3C#N)c(C)c(=O)c2c1. The first kappa shape index (κ1) is 27.8. The predicted octanol–water partition coefficient (Wildman–Crippen LogP) is 7.26. The molecule has 0 radical (unpaired) electrons. The summed E-state index contributed by atoms with van der Waals surface area (Å²) < 4.78 is 25.9. The Labute approximate surface area is 230 Å². The Hall–Kier alpha value is -4.22. The van der Waals surface area contributed by atoms with Gasteiger partial charge in [-0.1, -0.05) is 17.7 Å². The number of ether oxygens (including phenoxy) is 1. The van der Waals surface area contributed by atoms with Gasteiger partial charge in [-0.25, -0.2) is 14.2 Å². The van der Waals surface area contributed by atoms with E-state index < -0.39 is 23.4 Å². The molecule has 0 aliphatic heterocycles. The zero-order valence-corrected chi connectivity index (χ0v) is 23.2. The van der Waals surface area contributed by atoms with E-state index in [4.69, 9.17) is 20.8 Å². The maximum absolute atomic E-state index is 14.2. The molecule has 2 aromatic carbocycles. The summed E-state index contributed by atoms with van der Waals surface area (Å²) in [5.74, 6) is -1.09. The first-order valence-corrected chi connectivity index (χ1v) is 12.6. The Morgan fingerprint density at radius 3 is 2.56 bits per heavy atom. The molecule has 0 saturated carbocycles. The highest BCUT2D eigenvalue weighted by atomic mass is 35.5. The first-order chi connectivity index (χ1) is 18.3. The fourth-order valence-corrected chi connectivity index (χ4v) is 4.44. The lowest BCUT2D eigenvalue weighted by atomic mass is 9.97. The average molecular weight is 548 g/mol. The van der Waals surface area contributed by atoms with Gasteiger partial charge in [0.2, 0.25) is 0 Å². The number of benzene rings is 2. The Bertz CT molecular complexity index is 1720. The molecule has 9 heteroatoms. The second-order valence-electron chi connectivity index (χ2n) is 10.3. The van der Waals surface area contributed by atoms with Crippen molar-refractivity contribution in [2.75, 3.05) is 5.32 Å². The summed E-state index contributed by atoms with van der Waals surface area (Å²) in [6, 6.07) is 12.0. The summed E-state index contributed by atoms with van der Waals surface area (Å²) in [6.45, 7) is 10.5. The Balaban J connectivity index is 1.87. The summed E-state index contributed by atoms with van der Waals surface area (Å²) in [4.78, 5) is 30.5. The number of anilines is 1. The van der Waals surface area contributed by atoms with Crippen molar-refractivity contribution >= 4 is 34.2 Å². The molecule has 0 aliphatic carbocycles. The second kappa shape index (κ2) is 10.5. The molecule has 2 aromatic heterocycles. The van der Waals surface area contributed by atoms with Crippen molar-refractivity contribution in [2.24, 2.45) is 0 Å². The predicted molar refractivity (Wildman–Crippen MR) is 149 cm³/mol. The van der Waals surface area contributed by atoms with E-state index in [0.29, 0.717) is 16.6 Å². The fourth-order valence-electron chi connectivity index (χ4n) is 4.29. The van der Waals surface area contributed by atoms with Crippen LogP contribution in [0.5, 0.6) is 0 Å². The van der Waals surface area contributed by atoms with Crippen molar-refractivity contribution in [1.82, 2.24) is 4.98 Å². The first-order valence-electron chi connectivity index (χ1n) is 12.2. The summed E-state index contributed by atoms with van der Waals surface area (Å²) in [5.41, 5.74) is 1.69. The number of nitrogens with one attached hydrogen (secondary N) is 1. The lowest BCUT2D eigenvalue weighted by Crippen LogP contribution is -2.25. The van der Waals surface area contributed by atoms with Crippen molar-refractivity contribution in [2.45, 2.75) is 53.2 Å². The number of esters is 1. The number of nitrogens with zero attached hydrogens (tertiary/aromatic N) is 2. The van der Waals surface area contributed by atoms with Gasteiger partial charge in [-0.2, -0.15) is 5.26 Å². The molecule has 0 aliphatic rings. The quantitative estimate of drug-likeness (QED) is 0.207. The van der Waals surface area contributed by atoms with E-state index in [9.17, 15) is 19.2 Å². The van der Waals surface area contributed by atoms with E-state index >= 15 is 0 Å². The molecule has 0 unspecified atom stereocenters. The number of carbonyl (C=O) groups excluding carboxylic acids is 1. The second-order valence-corrected chi connectivity index (χ2v) is 10.7. The number of hydrogen-bond donors (Lipinski definition) is 1. The molecule has 0 amide bonds. The van der Waals surface area contributed by atoms with Crippen LogP contribution in [0.15, 0.2) is 51.7 Å². The minimum atomic E-state index is -0.742. The maximum Gasteiger partial charge on any atom is 0.359 e. The monoisotopic (exact) mass is 547 g/mol. The van der Waals surface area contributed by atoms with E-state index in [-0.39, 0.29) is 44.3 Å². The third-order valence-electron chi connectivity index (χ3n) is 6.03. The Kier molecular flexibility index (Phi) is 7.49. The number of halogens is 2.